The zero-order valence-corrected chi connectivity index (χ0v) is 18.9. The predicted octanol–water partition coefficient (Wildman–Crippen LogP) is 3.90. The van der Waals surface area contributed by atoms with E-state index in [1.54, 1.807) is 36.0 Å². The van der Waals surface area contributed by atoms with Gasteiger partial charge in [0.25, 0.3) is 0 Å². The molecule has 162 valence electrons. The molecule has 0 radical (unpaired) electrons. The minimum atomic E-state index is -0.750. The highest BCUT2D eigenvalue weighted by Crippen LogP contribution is 2.12. The van der Waals surface area contributed by atoms with Crippen molar-refractivity contribution in [2.75, 3.05) is 18.6 Å². The Morgan fingerprint density at radius 3 is 2.17 bits per heavy atom. The Hall–Kier alpha value is -2.02. The van der Waals surface area contributed by atoms with E-state index in [9.17, 15) is 14.4 Å². The van der Waals surface area contributed by atoms with E-state index < -0.39 is 18.2 Å². The highest BCUT2D eigenvalue weighted by molar-refractivity contribution is 7.98. The van der Waals surface area contributed by atoms with E-state index in [2.05, 4.69) is 10.6 Å². The molecule has 0 aliphatic carbocycles. The van der Waals surface area contributed by atoms with Crippen LogP contribution in [0.15, 0.2) is 30.3 Å². The Morgan fingerprint density at radius 2 is 1.62 bits per heavy atom. The van der Waals surface area contributed by atoms with Crippen molar-refractivity contribution in [3.63, 3.8) is 0 Å². The van der Waals surface area contributed by atoms with Crippen LogP contribution in [0.3, 0.4) is 0 Å². The first-order chi connectivity index (χ1) is 13.7. The monoisotopic (exact) mass is 422 g/mol. The smallest absolute Gasteiger partial charge is 0.407 e. The van der Waals surface area contributed by atoms with Crippen LogP contribution < -0.4 is 10.6 Å². The summed E-state index contributed by atoms with van der Waals surface area (Å²) in [5, 5.41) is 5.50. The van der Waals surface area contributed by atoms with E-state index in [0.717, 1.165) is 0 Å². The van der Waals surface area contributed by atoms with Crippen LogP contribution in [0.1, 0.15) is 50.9 Å². The summed E-state index contributed by atoms with van der Waals surface area (Å²) in [6, 6.07) is 7.54. The summed E-state index contributed by atoms with van der Waals surface area (Å²) in [5.41, 5.74) is 0.559. The maximum Gasteiger partial charge on any atom is 0.407 e. The molecule has 7 heteroatoms. The lowest BCUT2D eigenvalue weighted by Crippen LogP contribution is -2.52. The zero-order valence-electron chi connectivity index (χ0n) is 18.1. The number of carbonyl (C=O) groups excluding carboxylic acids is 3. The summed E-state index contributed by atoms with van der Waals surface area (Å²) in [4.78, 5) is 37.9. The number of benzene rings is 1. The number of nitrogens with one attached hydrogen (secondary N) is 2. The van der Waals surface area contributed by atoms with Crippen LogP contribution in [0.4, 0.5) is 4.79 Å². The van der Waals surface area contributed by atoms with E-state index in [4.69, 9.17) is 4.74 Å². The Bertz CT molecular complexity index is 649. The normalized spacial score (nSPS) is 13.1. The number of thioether (sulfide) groups is 1. The number of carbonyl (C=O) groups is 3. The molecule has 0 aromatic heterocycles. The number of rotatable bonds is 12. The molecule has 2 amide bonds. The van der Waals surface area contributed by atoms with Gasteiger partial charge < -0.3 is 15.4 Å². The summed E-state index contributed by atoms with van der Waals surface area (Å²) in [6.07, 6.45) is 2.30. The SMILES string of the molecule is CSCC[C@H](NC(=O)OCC(C)C)C(=O)N[C@@H](CC(C)C)C(=O)c1ccccc1. The molecule has 0 heterocycles. The molecule has 29 heavy (non-hydrogen) atoms. The quantitative estimate of drug-likeness (QED) is 0.499. The van der Waals surface area contributed by atoms with E-state index >= 15 is 0 Å². The van der Waals surface area contributed by atoms with E-state index in [1.807, 2.05) is 40.0 Å². The summed E-state index contributed by atoms with van der Waals surface area (Å²) in [6.45, 7) is 8.17. The van der Waals surface area contributed by atoms with Gasteiger partial charge in [-0.1, -0.05) is 58.0 Å². The van der Waals surface area contributed by atoms with Crippen molar-refractivity contribution >= 4 is 29.5 Å². The first kappa shape index (κ1) is 25.0. The Kier molecular flexibility index (Phi) is 11.4. The average Bonchev–Trinajstić information content (AvgIpc) is 2.68. The molecule has 0 aliphatic heterocycles. The van der Waals surface area contributed by atoms with E-state index in [-0.39, 0.29) is 30.1 Å². The summed E-state index contributed by atoms with van der Waals surface area (Å²) < 4.78 is 5.15. The molecule has 1 aromatic rings. The van der Waals surface area contributed by atoms with Crippen molar-refractivity contribution in [1.29, 1.82) is 0 Å². The van der Waals surface area contributed by atoms with Gasteiger partial charge in [0, 0.05) is 5.56 Å². The van der Waals surface area contributed by atoms with Crippen LogP contribution in [-0.4, -0.2) is 48.5 Å². The second kappa shape index (κ2) is 13.2. The Balaban J connectivity index is 2.87. The van der Waals surface area contributed by atoms with Gasteiger partial charge >= 0.3 is 6.09 Å². The molecule has 2 atom stereocenters. The molecule has 0 aliphatic rings. The third-order valence-electron chi connectivity index (χ3n) is 4.17. The molecule has 6 nitrogen and oxygen atoms in total. The van der Waals surface area contributed by atoms with Crippen molar-refractivity contribution in [1.82, 2.24) is 10.6 Å². The van der Waals surface area contributed by atoms with Crippen molar-refractivity contribution < 1.29 is 19.1 Å². The number of ether oxygens (including phenoxy) is 1. The van der Waals surface area contributed by atoms with Crippen LogP contribution in [0, 0.1) is 11.8 Å². The van der Waals surface area contributed by atoms with E-state index in [0.29, 0.717) is 24.2 Å². The first-order valence-corrected chi connectivity index (χ1v) is 11.5. The van der Waals surface area contributed by atoms with Gasteiger partial charge in [-0.3, -0.25) is 9.59 Å². The molecule has 2 N–H and O–H groups in total. The van der Waals surface area contributed by atoms with Gasteiger partial charge in [0.1, 0.15) is 6.04 Å². The lowest BCUT2D eigenvalue weighted by Gasteiger charge is -2.24. The van der Waals surface area contributed by atoms with Crippen LogP contribution in [0.25, 0.3) is 0 Å². The third-order valence-corrected chi connectivity index (χ3v) is 4.81. The molecule has 0 spiro atoms. The molecule has 1 rings (SSSR count). The molecular formula is C22H34N2O4S. The molecule has 0 unspecified atom stereocenters. The van der Waals surface area contributed by atoms with E-state index in [1.165, 1.54) is 0 Å². The second-order valence-corrected chi connectivity index (χ2v) is 8.88. The number of alkyl carbamates (subject to hydrolysis) is 1. The highest BCUT2D eigenvalue weighted by Gasteiger charge is 2.28. The van der Waals surface area contributed by atoms with Gasteiger partial charge in [-0.2, -0.15) is 11.8 Å². The number of amides is 2. The van der Waals surface area contributed by atoms with Crippen LogP contribution in [0.5, 0.6) is 0 Å². The summed E-state index contributed by atoms with van der Waals surface area (Å²) in [5.74, 6) is 0.637. The highest BCUT2D eigenvalue weighted by atomic mass is 32.2. The van der Waals surface area contributed by atoms with Crippen LogP contribution >= 0.6 is 11.8 Å². The molecular weight excluding hydrogens is 388 g/mol. The van der Waals surface area contributed by atoms with Crippen molar-refractivity contribution in [2.45, 2.75) is 52.6 Å². The maximum atomic E-state index is 12.9. The van der Waals surface area contributed by atoms with Crippen molar-refractivity contribution in [3.05, 3.63) is 35.9 Å². The van der Waals surface area contributed by atoms with Gasteiger partial charge in [-0.15, -0.1) is 0 Å². The van der Waals surface area contributed by atoms with Crippen molar-refractivity contribution in [2.24, 2.45) is 11.8 Å². The standard InChI is InChI=1S/C22H34N2O4S/c1-15(2)13-19(20(25)17-9-7-6-8-10-17)23-21(26)18(11-12-29-5)24-22(27)28-14-16(3)4/h6-10,15-16,18-19H,11-14H2,1-5H3,(H,23,26)(H,24,27)/t18-,19-/m0/s1. The topological polar surface area (TPSA) is 84.5 Å². The van der Waals surface area contributed by atoms with Gasteiger partial charge in [-0.25, -0.2) is 4.79 Å². The molecule has 0 saturated carbocycles. The Labute approximate surface area is 178 Å². The molecule has 0 fully saturated rings. The molecule has 1 aromatic carbocycles. The fraction of sp³-hybridized carbons (Fsp3) is 0.591. The molecule has 0 saturated heterocycles. The minimum Gasteiger partial charge on any atom is -0.449 e. The zero-order chi connectivity index (χ0) is 21.8. The fourth-order valence-electron chi connectivity index (χ4n) is 2.71. The fourth-order valence-corrected chi connectivity index (χ4v) is 3.18. The number of Topliss-reactive ketones (excluding diaryl/α,β-unsaturated/α-hetero) is 1. The van der Waals surface area contributed by atoms with Gasteiger partial charge in [0.15, 0.2) is 5.78 Å². The lowest BCUT2D eigenvalue weighted by atomic mass is 9.95. The largest absolute Gasteiger partial charge is 0.449 e. The first-order valence-electron chi connectivity index (χ1n) is 10.1. The maximum absolute atomic E-state index is 12.9. The number of ketones is 1. The number of hydrogen-bond acceptors (Lipinski definition) is 5. The van der Waals surface area contributed by atoms with Crippen LogP contribution in [0.2, 0.25) is 0 Å². The van der Waals surface area contributed by atoms with Crippen molar-refractivity contribution in [3.8, 4) is 0 Å². The van der Waals surface area contributed by atoms with Gasteiger partial charge in [0.05, 0.1) is 12.6 Å². The predicted molar refractivity (Wildman–Crippen MR) is 118 cm³/mol. The summed E-state index contributed by atoms with van der Waals surface area (Å²) >= 11 is 1.59. The average molecular weight is 423 g/mol. The minimum absolute atomic E-state index is 0.126. The van der Waals surface area contributed by atoms with Gasteiger partial charge in [0.2, 0.25) is 5.91 Å². The number of hydrogen-bond donors (Lipinski definition) is 2. The third kappa shape index (κ3) is 9.83. The van der Waals surface area contributed by atoms with Crippen LogP contribution in [-0.2, 0) is 9.53 Å². The molecule has 0 bridgehead atoms. The Morgan fingerprint density at radius 1 is 0.966 bits per heavy atom. The lowest BCUT2D eigenvalue weighted by molar-refractivity contribution is -0.123. The second-order valence-electron chi connectivity index (χ2n) is 7.89. The van der Waals surface area contributed by atoms with Gasteiger partial charge in [-0.05, 0) is 36.7 Å². The summed E-state index contributed by atoms with van der Waals surface area (Å²) in [7, 11) is 0.